The predicted molar refractivity (Wildman–Crippen MR) is 104 cm³/mol. The van der Waals surface area contributed by atoms with Gasteiger partial charge in [-0.3, -0.25) is 9.48 Å². The van der Waals surface area contributed by atoms with Gasteiger partial charge in [0.25, 0.3) is 5.91 Å². The first kappa shape index (κ1) is 18.6. The summed E-state index contributed by atoms with van der Waals surface area (Å²) in [7, 11) is 1.48. The van der Waals surface area contributed by atoms with E-state index in [1.165, 1.54) is 13.2 Å². The van der Waals surface area contributed by atoms with Crippen LogP contribution >= 0.6 is 34.8 Å². The first-order valence-corrected chi connectivity index (χ1v) is 8.72. The van der Waals surface area contributed by atoms with Crippen molar-refractivity contribution in [3.8, 4) is 5.75 Å². The Kier molecular flexibility index (Phi) is 5.71. The van der Waals surface area contributed by atoms with Gasteiger partial charge in [-0.15, -0.1) is 0 Å². The van der Waals surface area contributed by atoms with Gasteiger partial charge in [0.1, 0.15) is 10.8 Å². The third-order valence-corrected chi connectivity index (χ3v) is 4.38. The molecule has 134 valence electrons. The van der Waals surface area contributed by atoms with Crippen molar-refractivity contribution in [3.05, 3.63) is 74.9 Å². The number of amides is 1. The molecule has 0 aliphatic heterocycles. The molecule has 3 rings (SSSR count). The summed E-state index contributed by atoms with van der Waals surface area (Å²) in [4.78, 5) is 12.5. The highest BCUT2D eigenvalue weighted by Crippen LogP contribution is 2.26. The van der Waals surface area contributed by atoms with Crippen molar-refractivity contribution in [2.75, 3.05) is 12.4 Å². The average molecular weight is 411 g/mol. The molecule has 0 saturated carbocycles. The molecule has 0 aliphatic carbocycles. The Morgan fingerprint density at radius 3 is 2.50 bits per heavy atom. The van der Waals surface area contributed by atoms with Crippen molar-refractivity contribution in [1.29, 1.82) is 0 Å². The number of rotatable bonds is 5. The Hall–Kier alpha value is -2.21. The molecule has 0 aliphatic rings. The van der Waals surface area contributed by atoms with Crippen LogP contribution in [0.2, 0.25) is 15.1 Å². The van der Waals surface area contributed by atoms with Gasteiger partial charge in [0.15, 0.2) is 5.82 Å². The van der Waals surface area contributed by atoms with E-state index in [9.17, 15) is 4.79 Å². The Morgan fingerprint density at radius 1 is 1.12 bits per heavy atom. The second-order valence-electron chi connectivity index (χ2n) is 5.45. The van der Waals surface area contributed by atoms with Crippen LogP contribution in [0.4, 0.5) is 5.82 Å². The van der Waals surface area contributed by atoms with Crippen LogP contribution in [0.15, 0.2) is 48.7 Å². The molecule has 0 radical (unpaired) electrons. The molecule has 0 saturated heterocycles. The van der Waals surface area contributed by atoms with Gasteiger partial charge in [-0.25, -0.2) is 0 Å². The minimum atomic E-state index is -0.414. The molecule has 3 aromatic rings. The highest BCUT2D eigenvalue weighted by Gasteiger charge is 2.16. The lowest BCUT2D eigenvalue weighted by atomic mass is 10.2. The molecule has 0 unspecified atom stereocenters. The smallest absolute Gasteiger partial charge is 0.260 e. The molecule has 0 spiro atoms. The zero-order chi connectivity index (χ0) is 18.7. The summed E-state index contributed by atoms with van der Waals surface area (Å²) < 4.78 is 6.83. The number of carbonyl (C=O) groups excluding carboxylic acids is 1. The fourth-order valence-electron chi connectivity index (χ4n) is 2.37. The first-order valence-electron chi connectivity index (χ1n) is 7.58. The quantitative estimate of drug-likeness (QED) is 0.632. The number of aromatic nitrogens is 2. The highest BCUT2D eigenvalue weighted by atomic mass is 35.5. The van der Waals surface area contributed by atoms with E-state index in [1.54, 1.807) is 35.1 Å². The maximum absolute atomic E-state index is 12.5. The van der Waals surface area contributed by atoms with Crippen molar-refractivity contribution in [3.63, 3.8) is 0 Å². The molecule has 26 heavy (non-hydrogen) atoms. The van der Waals surface area contributed by atoms with E-state index in [4.69, 9.17) is 39.5 Å². The molecular weight excluding hydrogens is 397 g/mol. The predicted octanol–water partition coefficient (Wildman–Crippen LogP) is 5.15. The normalized spacial score (nSPS) is 10.6. The summed E-state index contributed by atoms with van der Waals surface area (Å²) >= 11 is 18.0. The Morgan fingerprint density at radius 2 is 1.81 bits per heavy atom. The molecule has 1 aromatic heterocycles. The van der Waals surface area contributed by atoms with E-state index < -0.39 is 5.91 Å². The van der Waals surface area contributed by atoms with Crippen molar-refractivity contribution in [2.45, 2.75) is 6.54 Å². The van der Waals surface area contributed by atoms with Gasteiger partial charge in [0.2, 0.25) is 0 Å². The SMILES string of the molecule is COc1ccc(Cl)cc1C(=O)Nc1nn(Cc2ccc(Cl)cc2)cc1Cl. The lowest BCUT2D eigenvalue weighted by molar-refractivity contribution is 0.102. The molecule has 0 bridgehead atoms. The van der Waals surface area contributed by atoms with E-state index in [2.05, 4.69) is 10.4 Å². The summed E-state index contributed by atoms with van der Waals surface area (Å²) in [6, 6.07) is 12.2. The number of halogens is 3. The van der Waals surface area contributed by atoms with Crippen LogP contribution < -0.4 is 10.1 Å². The molecule has 0 fully saturated rings. The molecule has 2 aromatic carbocycles. The minimum absolute atomic E-state index is 0.257. The topological polar surface area (TPSA) is 56.1 Å². The maximum atomic E-state index is 12.5. The van der Waals surface area contributed by atoms with Crippen LogP contribution in [0.25, 0.3) is 0 Å². The summed E-state index contributed by atoms with van der Waals surface area (Å²) in [5.74, 6) is 0.249. The van der Waals surface area contributed by atoms with Crippen molar-refractivity contribution in [1.82, 2.24) is 9.78 Å². The zero-order valence-corrected chi connectivity index (χ0v) is 15.9. The van der Waals surface area contributed by atoms with Gasteiger partial charge >= 0.3 is 0 Å². The molecule has 1 heterocycles. The average Bonchev–Trinajstić information content (AvgIpc) is 2.96. The highest BCUT2D eigenvalue weighted by molar-refractivity contribution is 6.33. The van der Waals surface area contributed by atoms with E-state index in [-0.39, 0.29) is 5.82 Å². The molecular formula is C18H14Cl3N3O2. The summed E-state index contributed by atoms with van der Waals surface area (Å²) in [6.07, 6.45) is 1.64. The van der Waals surface area contributed by atoms with Gasteiger partial charge in [0.05, 0.1) is 19.2 Å². The zero-order valence-electron chi connectivity index (χ0n) is 13.7. The fourth-order valence-corrected chi connectivity index (χ4v) is 2.87. The number of carbonyl (C=O) groups is 1. The van der Waals surface area contributed by atoms with Gasteiger partial charge in [-0.2, -0.15) is 5.10 Å². The Labute approximate surface area is 165 Å². The van der Waals surface area contributed by atoms with Crippen molar-refractivity contribution >= 4 is 46.5 Å². The number of anilines is 1. The molecule has 8 heteroatoms. The number of hydrogen-bond acceptors (Lipinski definition) is 3. The number of ether oxygens (including phenoxy) is 1. The number of hydrogen-bond donors (Lipinski definition) is 1. The molecule has 5 nitrogen and oxygen atoms in total. The molecule has 0 atom stereocenters. The lowest BCUT2D eigenvalue weighted by Gasteiger charge is -2.08. The van der Waals surface area contributed by atoms with E-state index in [0.717, 1.165) is 5.56 Å². The molecule has 1 N–H and O–H groups in total. The van der Waals surface area contributed by atoms with Crippen LogP contribution in [0.1, 0.15) is 15.9 Å². The van der Waals surface area contributed by atoms with Crippen molar-refractivity contribution in [2.24, 2.45) is 0 Å². The van der Waals surface area contributed by atoms with Gasteiger partial charge in [-0.1, -0.05) is 46.9 Å². The summed E-state index contributed by atoms with van der Waals surface area (Å²) in [5, 5.41) is 8.41. The fraction of sp³-hybridized carbons (Fsp3) is 0.111. The van der Waals surface area contributed by atoms with E-state index in [0.29, 0.717) is 32.9 Å². The second kappa shape index (κ2) is 7.99. The monoisotopic (exact) mass is 409 g/mol. The van der Waals surface area contributed by atoms with Gasteiger partial charge in [0, 0.05) is 16.2 Å². The molecule has 1 amide bonds. The third kappa shape index (κ3) is 4.30. The summed E-state index contributed by atoms with van der Waals surface area (Å²) in [5.41, 5.74) is 1.30. The van der Waals surface area contributed by atoms with Gasteiger partial charge < -0.3 is 10.1 Å². The minimum Gasteiger partial charge on any atom is -0.496 e. The maximum Gasteiger partial charge on any atom is 0.260 e. The number of nitrogens with one attached hydrogen (secondary N) is 1. The number of nitrogens with zero attached hydrogens (tertiary/aromatic N) is 2. The standard InChI is InChI=1S/C18H14Cl3N3O2/c1-26-16-7-6-13(20)8-14(16)18(25)22-17-15(21)10-24(23-17)9-11-2-4-12(19)5-3-11/h2-8,10H,9H2,1H3,(H,22,23,25). The van der Waals surface area contributed by atoms with Crippen LogP contribution in [-0.4, -0.2) is 22.8 Å². The van der Waals surface area contributed by atoms with E-state index in [1.807, 2.05) is 12.1 Å². The van der Waals surface area contributed by atoms with Crippen LogP contribution in [0.5, 0.6) is 5.75 Å². The van der Waals surface area contributed by atoms with Crippen LogP contribution in [0.3, 0.4) is 0 Å². The first-order chi connectivity index (χ1) is 12.5. The number of benzene rings is 2. The largest absolute Gasteiger partial charge is 0.496 e. The third-order valence-electron chi connectivity index (χ3n) is 3.61. The van der Waals surface area contributed by atoms with Gasteiger partial charge in [-0.05, 0) is 35.9 Å². The second-order valence-corrected chi connectivity index (χ2v) is 6.73. The number of methoxy groups -OCH3 is 1. The van der Waals surface area contributed by atoms with Crippen LogP contribution in [0, 0.1) is 0 Å². The Bertz CT molecular complexity index is 939. The van der Waals surface area contributed by atoms with Crippen molar-refractivity contribution < 1.29 is 9.53 Å². The van der Waals surface area contributed by atoms with E-state index >= 15 is 0 Å². The summed E-state index contributed by atoms with van der Waals surface area (Å²) in [6.45, 7) is 0.493. The Balaban J connectivity index is 1.78. The van der Waals surface area contributed by atoms with Crippen LogP contribution in [-0.2, 0) is 6.54 Å². The lowest BCUT2D eigenvalue weighted by Crippen LogP contribution is -2.14.